The maximum Gasteiger partial charge on any atom is 0.269 e. The summed E-state index contributed by atoms with van der Waals surface area (Å²) in [6, 6.07) is 6.47. The second-order valence-corrected chi connectivity index (χ2v) is 5.49. The van der Waals surface area contributed by atoms with Gasteiger partial charge < -0.3 is 10.6 Å². The van der Waals surface area contributed by atoms with Gasteiger partial charge in [-0.05, 0) is 37.3 Å². The van der Waals surface area contributed by atoms with Crippen LogP contribution >= 0.6 is 12.4 Å². The molecule has 22 heavy (non-hydrogen) atoms. The van der Waals surface area contributed by atoms with Gasteiger partial charge in [0.25, 0.3) is 5.69 Å². The molecule has 1 heterocycles. The Kier molecular flexibility index (Phi) is 7.27. The van der Waals surface area contributed by atoms with E-state index in [1.807, 2.05) is 11.0 Å². The molecule has 1 aromatic carbocycles. The van der Waals surface area contributed by atoms with E-state index in [1.54, 1.807) is 6.07 Å². The average molecular weight is 328 g/mol. The van der Waals surface area contributed by atoms with Crippen molar-refractivity contribution in [1.82, 2.24) is 4.90 Å². The third-order valence-electron chi connectivity index (χ3n) is 4.05. The molecule has 1 aliphatic heterocycles. The van der Waals surface area contributed by atoms with Gasteiger partial charge in [0.2, 0.25) is 5.91 Å². The van der Waals surface area contributed by atoms with Gasteiger partial charge in [-0.2, -0.15) is 0 Å². The zero-order valence-corrected chi connectivity index (χ0v) is 13.3. The zero-order valence-electron chi connectivity index (χ0n) is 12.4. The summed E-state index contributed by atoms with van der Waals surface area (Å²) >= 11 is 0. The number of piperidine rings is 1. The van der Waals surface area contributed by atoms with Crippen LogP contribution in [0, 0.1) is 16.0 Å². The van der Waals surface area contributed by atoms with Gasteiger partial charge in [-0.15, -0.1) is 12.4 Å². The van der Waals surface area contributed by atoms with Gasteiger partial charge in [-0.25, -0.2) is 0 Å². The third kappa shape index (κ3) is 4.96. The van der Waals surface area contributed by atoms with Crippen LogP contribution in [0.1, 0.15) is 24.8 Å². The lowest BCUT2D eigenvalue weighted by atomic mass is 9.96. The number of aryl methyl sites for hydroxylation is 1. The Morgan fingerprint density at radius 3 is 2.64 bits per heavy atom. The molecule has 0 saturated carbocycles. The molecular weight excluding hydrogens is 306 g/mol. The van der Waals surface area contributed by atoms with Crippen LogP contribution < -0.4 is 5.73 Å². The van der Waals surface area contributed by atoms with Crippen LogP contribution in [0.5, 0.6) is 0 Å². The highest BCUT2D eigenvalue weighted by Crippen LogP contribution is 2.18. The minimum absolute atomic E-state index is 0. The monoisotopic (exact) mass is 327 g/mol. The third-order valence-corrected chi connectivity index (χ3v) is 4.05. The first-order valence-electron chi connectivity index (χ1n) is 7.31. The number of benzene rings is 1. The zero-order chi connectivity index (χ0) is 15.2. The molecule has 122 valence electrons. The van der Waals surface area contributed by atoms with E-state index in [9.17, 15) is 14.9 Å². The first kappa shape index (κ1) is 18.4. The molecule has 7 heteroatoms. The minimum Gasteiger partial charge on any atom is -0.343 e. The lowest BCUT2D eigenvalue weighted by molar-refractivity contribution is -0.384. The Bertz CT molecular complexity index is 517. The topological polar surface area (TPSA) is 89.5 Å². The number of nitro groups is 1. The minimum atomic E-state index is -0.414. The van der Waals surface area contributed by atoms with Gasteiger partial charge in [-0.3, -0.25) is 14.9 Å². The summed E-state index contributed by atoms with van der Waals surface area (Å²) in [4.78, 5) is 24.3. The molecule has 1 saturated heterocycles. The standard InChI is InChI=1S/C15H21N3O3.ClH/c16-11-13-6-8-17(9-7-13)15(19)5-4-12-2-1-3-14(10-12)18(20)21;/h1-3,10,13H,4-9,11,16H2;1H. The van der Waals surface area contributed by atoms with Crippen LogP contribution in [-0.4, -0.2) is 35.4 Å². The van der Waals surface area contributed by atoms with Gasteiger partial charge in [0, 0.05) is 31.6 Å². The molecule has 2 rings (SSSR count). The molecule has 2 N–H and O–H groups in total. The van der Waals surface area contributed by atoms with Crippen molar-refractivity contribution >= 4 is 24.0 Å². The Balaban J connectivity index is 0.00000242. The van der Waals surface area contributed by atoms with Crippen molar-refractivity contribution in [3.8, 4) is 0 Å². The first-order valence-corrected chi connectivity index (χ1v) is 7.31. The van der Waals surface area contributed by atoms with Crippen LogP contribution in [0.15, 0.2) is 24.3 Å². The fourth-order valence-electron chi connectivity index (χ4n) is 2.65. The number of nitrogens with zero attached hydrogens (tertiary/aromatic N) is 2. The number of hydrogen-bond donors (Lipinski definition) is 1. The SMILES string of the molecule is Cl.NCC1CCN(C(=O)CCc2cccc([N+](=O)[O-])c2)CC1. The normalized spacial score (nSPS) is 15.2. The van der Waals surface area contributed by atoms with Gasteiger partial charge in [0.1, 0.15) is 0 Å². The second kappa shape index (κ2) is 8.70. The maximum absolute atomic E-state index is 12.1. The van der Waals surface area contributed by atoms with E-state index in [1.165, 1.54) is 12.1 Å². The number of amides is 1. The average Bonchev–Trinajstić information content (AvgIpc) is 2.53. The van der Waals surface area contributed by atoms with Gasteiger partial charge in [-0.1, -0.05) is 12.1 Å². The summed E-state index contributed by atoms with van der Waals surface area (Å²) in [5, 5.41) is 10.7. The fourth-order valence-corrected chi connectivity index (χ4v) is 2.65. The number of halogens is 1. The number of carbonyl (C=O) groups is 1. The summed E-state index contributed by atoms with van der Waals surface area (Å²) in [5.74, 6) is 0.655. The van der Waals surface area contributed by atoms with E-state index in [4.69, 9.17) is 5.73 Å². The van der Waals surface area contributed by atoms with Crippen molar-refractivity contribution in [3.05, 3.63) is 39.9 Å². The molecule has 0 aliphatic carbocycles. The lowest BCUT2D eigenvalue weighted by Crippen LogP contribution is -2.40. The van der Waals surface area contributed by atoms with E-state index < -0.39 is 4.92 Å². The quantitative estimate of drug-likeness (QED) is 0.662. The Morgan fingerprint density at radius 2 is 2.05 bits per heavy atom. The van der Waals surface area contributed by atoms with Crippen molar-refractivity contribution in [2.75, 3.05) is 19.6 Å². The molecule has 0 radical (unpaired) electrons. The molecule has 1 fully saturated rings. The van der Waals surface area contributed by atoms with E-state index in [-0.39, 0.29) is 24.0 Å². The summed E-state index contributed by atoms with van der Waals surface area (Å²) in [6.45, 7) is 2.24. The van der Waals surface area contributed by atoms with Crippen LogP contribution in [0.3, 0.4) is 0 Å². The number of hydrogen-bond acceptors (Lipinski definition) is 4. The van der Waals surface area contributed by atoms with Crippen LogP contribution in [-0.2, 0) is 11.2 Å². The second-order valence-electron chi connectivity index (χ2n) is 5.49. The van der Waals surface area contributed by atoms with Crippen molar-refractivity contribution < 1.29 is 9.72 Å². The molecule has 0 unspecified atom stereocenters. The molecule has 0 bridgehead atoms. The van der Waals surface area contributed by atoms with Crippen molar-refractivity contribution in [2.45, 2.75) is 25.7 Å². The highest BCUT2D eigenvalue weighted by atomic mass is 35.5. The number of rotatable bonds is 5. The number of nitrogens with two attached hydrogens (primary N) is 1. The number of non-ortho nitro benzene ring substituents is 1. The molecular formula is C15H22ClN3O3. The summed E-state index contributed by atoms with van der Waals surface area (Å²) < 4.78 is 0. The Hall–Kier alpha value is -1.66. The van der Waals surface area contributed by atoms with Crippen LogP contribution in [0.2, 0.25) is 0 Å². The Morgan fingerprint density at radius 1 is 1.36 bits per heavy atom. The predicted molar refractivity (Wildman–Crippen MR) is 87.0 cm³/mol. The van der Waals surface area contributed by atoms with Crippen molar-refractivity contribution in [3.63, 3.8) is 0 Å². The highest BCUT2D eigenvalue weighted by Gasteiger charge is 2.21. The van der Waals surface area contributed by atoms with E-state index in [0.717, 1.165) is 31.5 Å². The smallest absolute Gasteiger partial charge is 0.269 e. The van der Waals surface area contributed by atoms with Crippen molar-refractivity contribution in [1.29, 1.82) is 0 Å². The van der Waals surface area contributed by atoms with E-state index in [2.05, 4.69) is 0 Å². The van der Waals surface area contributed by atoms with Gasteiger partial charge in [0.15, 0.2) is 0 Å². The lowest BCUT2D eigenvalue weighted by Gasteiger charge is -2.31. The molecule has 6 nitrogen and oxygen atoms in total. The van der Waals surface area contributed by atoms with E-state index >= 15 is 0 Å². The predicted octanol–water partition coefficient (Wildman–Crippen LogP) is 2.15. The number of likely N-dealkylation sites (tertiary alicyclic amines) is 1. The highest BCUT2D eigenvalue weighted by molar-refractivity contribution is 5.85. The van der Waals surface area contributed by atoms with Crippen molar-refractivity contribution in [2.24, 2.45) is 11.7 Å². The largest absolute Gasteiger partial charge is 0.343 e. The maximum atomic E-state index is 12.1. The first-order chi connectivity index (χ1) is 10.1. The molecule has 0 atom stereocenters. The number of nitro benzene ring substituents is 1. The van der Waals surface area contributed by atoms with E-state index in [0.29, 0.717) is 25.3 Å². The summed E-state index contributed by atoms with van der Waals surface area (Å²) in [6.07, 6.45) is 2.88. The number of carbonyl (C=O) groups excluding carboxylic acids is 1. The van der Waals surface area contributed by atoms with Crippen LogP contribution in [0.4, 0.5) is 5.69 Å². The molecule has 1 amide bonds. The Labute approximate surface area is 136 Å². The summed E-state index contributed by atoms with van der Waals surface area (Å²) in [5.41, 5.74) is 6.54. The van der Waals surface area contributed by atoms with Crippen LogP contribution in [0.25, 0.3) is 0 Å². The molecule has 0 spiro atoms. The van der Waals surface area contributed by atoms with Gasteiger partial charge >= 0.3 is 0 Å². The molecule has 1 aromatic rings. The fraction of sp³-hybridized carbons (Fsp3) is 0.533. The molecule has 1 aliphatic rings. The molecule has 0 aromatic heterocycles. The van der Waals surface area contributed by atoms with Gasteiger partial charge in [0.05, 0.1) is 4.92 Å². The summed E-state index contributed by atoms with van der Waals surface area (Å²) in [7, 11) is 0.